The van der Waals surface area contributed by atoms with E-state index >= 15 is 0 Å². The lowest BCUT2D eigenvalue weighted by atomic mass is 9.99. The van der Waals surface area contributed by atoms with Gasteiger partial charge in [0.2, 0.25) is 0 Å². The molecule has 1 heterocycles. The van der Waals surface area contributed by atoms with Crippen LogP contribution in [-0.2, 0) is 6.54 Å². The summed E-state index contributed by atoms with van der Waals surface area (Å²) in [7, 11) is 2.18. The molecule has 0 aliphatic carbocycles. The Kier molecular flexibility index (Phi) is 4.13. The fourth-order valence-electron chi connectivity index (χ4n) is 2.34. The van der Waals surface area contributed by atoms with Crippen LogP contribution in [0.4, 0.5) is 4.39 Å². The van der Waals surface area contributed by atoms with Crippen molar-refractivity contribution in [1.29, 1.82) is 0 Å². The molecule has 0 amide bonds. The number of piperidine rings is 1. The summed E-state index contributed by atoms with van der Waals surface area (Å²) in [6.07, 6.45) is 2.39. The summed E-state index contributed by atoms with van der Waals surface area (Å²) in [6.45, 7) is 4.26. The fraction of sp³-hybridized carbons (Fsp3) is 0.571. The maximum atomic E-state index is 12.7. The van der Waals surface area contributed by atoms with Crippen molar-refractivity contribution in [1.82, 2.24) is 10.2 Å². The van der Waals surface area contributed by atoms with E-state index in [9.17, 15) is 4.39 Å². The summed E-state index contributed by atoms with van der Waals surface area (Å²) in [5.41, 5.74) is 1.15. The summed E-state index contributed by atoms with van der Waals surface area (Å²) in [5.74, 6) is -0.165. The van der Waals surface area contributed by atoms with E-state index in [0.29, 0.717) is 12.1 Å². The van der Waals surface area contributed by atoms with Gasteiger partial charge in [-0.25, -0.2) is 4.39 Å². The predicted octanol–water partition coefficient (Wildman–Crippen LogP) is 2.40. The fourth-order valence-corrected chi connectivity index (χ4v) is 2.34. The van der Waals surface area contributed by atoms with Gasteiger partial charge in [0.05, 0.1) is 0 Å². The molecule has 3 heteroatoms. The summed E-state index contributed by atoms with van der Waals surface area (Å²) < 4.78 is 12.7. The first-order chi connectivity index (χ1) is 8.15. The molecule has 2 atom stereocenters. The number of rotatable bonds is 3. The Morgan fingerprint density at radius 1 is 1.35 bits per heavy atom. The zero-order chi connectivity index (χ0) is 12.3. The molecular formula is C14H21FN2. The molecule has 2 unspecified atom stereocenters. The first-order valence-electron chi connectivity index (χ1n) is 6.33. The minimum atomic E-state index is -0.165. The second-order valence-corrected chi connectivity index (χ2v) is 5.06. The van der Waals surface area contributed by atoms with Gasteiger partial charge < -0.3 is 10.2 Å². The van der Waals surface area contributed by atoms with Gasteiger partial charge in [0.1, 0.15) is 5.82 Å². The Morgan fingerprint density at radius 2 is 2.06 bits per heavy atom. The number of halogens is 1. The van der Waals surface area contributed by atoms with Crippen LogP contribution in [0.15, 0.2) is 24.3 Å². The molecule has 0 bridgehead atoms. The van der Waals surface area contributed by atoms with Gasteiger partial charge in [-0.15, -0.1) is 0 Å². The number of nitrogens with one attached hydrogen (secondary N) is 1. The Morgan fingerprint density at radius 3 is 2.71 bits per heavy atom. The molecule has 17 heavy (non-hydrogen) atoms. The quantitative estimate of drug-likeness (QED) is 0.867. The monoisotopic (exact) mass is 236 g/mol. The molecule has 2 rings (SSSR count). The van der Waals surface area contributed by atoms with Crippen molar-refractivity contribution >= 4 is 0 Å². The van der Waals surface area contributed by atoms with Crippen molar-refractivity contribution in [2.75, 3.05) is 13.6 Å². The highest BCUT2D eigenvalue weighted by Gasteiger charge is 2.21. The standard InChI is InChI=1S/C14H21FN2/c1-11-9-14(7-8-17(11)2)16-10-12-3-5-13(15)6-4-12/h3-6,11,14,16H,7-10H2,1-2H3. The molecule has 0 spiro atoms. The largest absolute Gasteiger partial charge is 0.310 e. The van der Waals surface area contributed by atoms with Crippen LogP contribution in [-0.4, -0.2) is 30.6 Å². The van der Waals surface area contributed by atoms with E-state index in [4.69, 9.17) is 0 Å². The zero-order valence-electron chi connectivity index (χ0n) is 10.6. The van der Waals surface area contributed by atoms with Gasteiger partial charge in [-0.2, -0.15) is 0 Å². The van der Waals surface area contributed by atoms with Crippen molar-refractivity contribution in [2.45, 2.75) is 38.4 Å². The van der Waals surface area contributed by atoms with E-state index in [-0.39, 0.29) is 5.82 Å². The number of likely N-dealkylation sites (tertiary alicyclic amines) is 1. The van der Waals surface area contributed by atoms with Crippen LogP contribution < -0.4 is 5.32 Å². The summed E-state index contributed by atoms with van der Waals surface area (Å²) in [4.78, 5) is 2.40. The second-order valence-electron chi connectivity index (χ2n) is 5.06. The second kappa shape index (κ2) is 5.61. The third-order valence-corrected chi connectivity index (χ3v) is 3.72. The van der Waals surface area contributed by atoms with Gasteiger partial charge in [0, 0.05) is 18.6 Å². The zero-order valence-corrected chi connectivity index (χ0v) is 10.6. The number of nitrogens with zero attached hydrogens (tertiary/aromatic N) is 1. The predicted molar refractivity (Wildman–Crippen MR) is 68.4 cm³/mol. The van der Waals surface area contributed by atoms with Crippen molar-refractivity contribution < 1.29 is 4.39 Å². The van der Waals surface area contributed by atoms with Crippen molar-refractivity contribution in [3.8, 4) is 0 Å². The lowest BCUT2D eigenvalue weighted by molar-refractivity contribution is 0.168. The van der Waals surface area contributed by atoms with Gasteiger partial charge in [-0.05, 0) is 51.1 Å². The highest BCUT2D eigenvalue weighted by atomic mass is 19.1. The molecule has 1 aliphatic rings. The first kappa shape index (κ1) is 12.5. The van der Waals surface area contributed by atoms with E-state index in [0.717, 1.165) is 18.7 Å². The van der Waals surface area contributed by atoms with Gasteiger partial charge >= 0.3 is 0 Å². The molecule has 1 aliphatic heterocycles. The average Bonchev–Trinajstić information content (AvgIpc) is 2.33. The van der Waals surface area contributed by atoms with Crippen LogP contribution >= 0.6 is 0 Å². The third kappa shape index (κ3) is 3.51. The first-order valence-corrected chi connectivity index (χ1v) is 6.33. The maximum Gasteiger partial charge on any atom is 0.123 e. The Labute approximate surface area is 103 Å². The van der Waals surface area contributed by atoms with Crippen molar-refractivity contribution in [3.63, 3.8) is 0 Å². The molecule has 1 fully saturated rings. The van der Waals surface area contributed by atoms with E-state index in [1.807, 2.05) is 12.1 Å². The molecule has 0 radical (unpaired) electrons. The normalized spacial score (nSPS) is 26.1. The molecule has 1 N–H and O–H groups in total. The maximum absolute atomic E-state index is 12.7. The minimum absolute atomic E-state index is 0.165. The summed E-state index contributed by atoms with van der Waals surface area (Å²) >= 11 is 0. The van der Waals surface area contributed by atoms with Gasteiger partial charge in [-0.3, -0.25) is 0 Å². The van der Waals surface area contributed by atoms with Crippen LogP contribution in [0.3, 0.4) is 0 Å². The van der Waals surface area contributed by atoms with Crippen molar-refractivity contribution in [3.05, 3.63) is 35.6 Å². The van der Waals surface area contributed by atoms with Crippen LogP contribution in [0, 0.1) is 5.82 Å². The summed E-state index contributed by atoms with van der Waals surface area (Å²) in [5, 5.41) is 3.56. The molecule has 2 nitrogen and oxygen atoms in total. The third-order valence-electron chi connectivity index (χ3n) is 3.72. The minimum Gasteiger partial charge on any atom is -0.310 e. The number of hydrogen-bond acceptors (Lipinski definition) is 2. The van der Waals surface area contributed by atoms with Crippen LogP contribution in [0.1, 0.15) is 25.3 Å². The average molecular weight is 236 g/mol. The van der Waals surface area contributed by atoms with E-state index in [2.05, 4.69) is 24.2 Å². The molecule has 1 aromatic rings. The SMILES string of the molecule is CC1CC(NCc2ccc(F)cc2)CCN1C. The Bertz CT molecular complexity index is 350. The number of hydrogen-bond donors (Lipinski definition) is 1. The van der Waals surface area contributed by atoms with E-state index in [1.54, 1.807) is 0 Å². The Hall–Kier alpha value is -0.930. The van der Waals surface area contributed by atoms with Gasteiger partial charge in [0.25, 0.3) is 0 Å². The molecule has 0 saturated carbocycles. The van der Waals surface area contributed by atoms with E-state index in [1.165, 1.54) is 25.0 Å². The highest BCUT2D eigenvalue weighted by Crippen LogP contribution is 2.15. The number of benzene rings is 1. The van der Waals surface area contributed by atoms with Crippen LogP contribution in [0.2, 0.25) is 0 Å². The Balaban J connectivity index is 1.80. The lowest BCUT2D eigenvalue weighted by Crippen LogP contribution is -2.45. The van der Waals surface area contributed by atoms with Crippen molar-refractivity contribution in [2.24, 2.45) is 0 Å². The molecule has 94 valence electrons. The molecule has 1 saturated heterocycles. The highest BCUT2D eigenvalue weighted by molar-refractivity contribution is 5.15. The lowest BCUT2D eigenvalue weighted by Gasteiger charge is -2.35. The summed E-state index contributed by atoms with van der Waals surface area (Å²) in [6, 6.07) is 7.98. The van der Waals surface area contributed by atoms with E-state index < -0.39 is 0 Å². The van der Waals surface area contributed by atoms with Gasteiger partial charge in [-0.1, -0.05) is 12.1 Å². The van der Waals surface area contributed by atoms with Gasteiger partial charge in [0.15, 0.2) is 0 Å². The van der Waals surface area contributed by atoms with Crippen LogP contribution in [0.25, 0.3) is 0 Å². The van der Waals surface area contributed by atoms with Crippen LogP contribution in [0.5, 0.6) is 0 Å². The molecule has 1 aromatic carbocycles. The molecule has 0 aromatic heterocycles. The molecular weight excluding hydrogens is 215 g/mol. The topological polar surface area (TPSA) is 15.3 Å². The smallest absolute Gasteiger partial charge is 0.123 e.